The molecule has 3 aromatic carbocycles. The summed E-state index contributed by atoms with van der Waals surface area (Å²) in [7, 11) is 0. The molecule has 0 aliphatic rings. The van der Waals surface area contributed by atoms with E-state index < -0.39 is 0 Å². The zero-order valence-corrected chi connectivity index (χ0v) is 14.9. The van der Waals surface area contributed by atoms with Crippen molar-refractivity contribution in [3.05, 3.63) is 90.5 Å². The van der Waals surface area contributed by atoms with E-state index in [-0.39, 0.29) is 0 Å². The second-order valence-corrected chi connectivity index (χ2v) is 6.02. The van der Waals surface area contributed by atoms with Crippen molar-refractivity contribution in [3.63, 3.8) is 0 Å². The van der Waals surface area contributed by atoms with Crippen molar-refractivity contribution >= 4 is 5.69 Å². The van der Waals surface area contributed by atoms with Crippen molar-refractivity contribution in [1.29, 1.82) is 0 Å². The Hall–Kier alpha value is -2.94. The fraction of sp³-hybridized carbons (Fsp3) is 0.217. The Morgan fingerprint density at radius 1 is 0.654 bits per heavy atom. The Balaban J connectivity index is 1.41. The van der Waals surface area contributed by atoms with E-state index in [1.54, 1.807) is 0 Å². The van der Waals surface area contributed by atoms with Crippen molar-refractivity contribution in [2.75, 3.05) is 25.1 Å². The number of hydrogen-bond donors (Lipinski definition) is 1. The van der Waals surface area contributed by atoms with E-state index >= 15 is 0 Å². The summed E-state index contributed by atoms with van der Waals surface area (Å²) in [5.41, 5.74) is 2.40. The van der Waals surface area contributed by atoms with Gasteiger partial charge in [0.15, 0.2) is 0 Å². The second-order valence-electron chi connectivity index (χ2n) is 6.02. The van der Waals surface area contributed by atoms with Crippen LogP contribution in [0.1, 0.15) is 12.0 Å². The average Bonchev–Trinajstić information content (AvgIpc) is 2.71. The van der Waals surface area contributed by atoms with Gasteiger partial charge in [-0.1, -0.05) is 60.7 Å². The molecule has 3 nitrogen and oxygen atoms in total. The number of ether oxygens (including phenoxy) is 2. The molecule has 0 fully saturated rings. The quantitative estimate of drug-likeness (QED) is 0.512. The molecule has 3 heteroatoms. The molecule has 0 saturated carbocycles. The molecule has 0 saturated heterocycles. The Bertz CT molecular complexity index is 693. The molecule has 0 spiro atoms. The lowest BCUT2D eigenvalue weighted by atomic mass is 10.1. The molecule has 3 aromatic rings. The number of rotatable bonds is 10. The molecule has 3 rings (SSSR count). The summed E-state index contributed by atoms with van der Waals surface area (Å²) in [4.78, 5) is 0. The molecule has 0 aliphatic carbocycles. The van der Waals surface area contributed by atoms with Crippen molar-refractivity contribution in [2.24, 2.45) is 0 Å². The van der Waals surface area contributed by atoms with Crippen LogP contribution in [0.25, 0.3) is 0 Å². The smallest absolute Gasteiger partial charge is 0.142 e. The van der Waals surface area contributed by atoms with Gasteiger partial charge in [0.25, 0.3) is 0 Å². The highest BCUT2D eigenvalue weighted by atomic mass is 16.5. The highest BCUT2D eigenvalue weighted by Crippen LogP contribution is 2.23. The average molecular weight is 347 g/mol. The number of benzene rings is 3. The van der Waals surface area contributed by atoms with Gasteiger partial charge in [0, 0.05) is 6.54 Å². The van der Waals surface area contributed by atoms with Crippen molar-refractivity contribution < 1.29 is 9.47 Å². The second kappa shape index (κ2) is 10.1. The summed E-state index contributed by atoms with van der Waals surface area (Å²) in [6, 6.07) is 28.4. The third-order valence-corrected chi connectivity index (χ3v) is 4.04. The van der Waals surface area contributed by atoms with E-state index in [1.165, 1.54) is 5.56 Å². The van der Waals surface area contributed by atoms with Gasteiger partial charge in [0.2, 0.25) is 0 Å². The summed E-state index contributed by atoms with van der Waals surface area (Å²) in [6.45, 7) is 1.94. The molecule has 134 valence electrons. The van der Waals surface area contributed by atoms with E-state index in [9.17, 15) is 0 Å². The predicted octanol–water partition coefficient (Wildman–Crippen LogP) is 5.19. The van der Waals surface area contributed by atoms with Crippen molar-refractivity contribution in [2.45, 2.75) is 12.8 Å². The van der Waals surface area contributed by atoms with Crippen molar-refractivity contribution in [1.82, 2.24) is 0 Å². The molecule has 0 unspecified atom stereocenters. The fourth-order valence-electron chi connectivity index (χ4n) is 2.73. The van der Waals surface area contributed by atoms with Gasteiger partial charge < -0.3 is 14.8 Å². The molecule has 0 bridgehead atoms. The Morgan fingerprint density at radius 3 is 2.12 bits per heavy atom. The normalized spacial score (nSPS) is 10.3. The maximum absolute atomic E-state index is 5.89. The lowest BCUT2D eigenvalue weighted by molar-refractivity contribution is 0.218. The Labute approximate surface area is 155 Å². The van der Waals surface area contributed by atoms with Gasteiger partial charge in [0.05, 0.1) is 5.69 Å². The summed E-state index contributed by atoms with van der Waals surface area (Å²) in [5.74, 6) is 1.73. The van der Waals surface area contributed by atoms with Crippen LogP contribution in [0.5, 0.6) is 11.5 Å². The van der Waals surface area contributed by atoms with Crippen LogP contribution in [0.3, 0.4) is 0 Å². The predicted molar refractivity (Wildman–Crippen MR) is 107 cm³/mol. The van der Waals surface area contributed by atoms with Crippen LogP contribution in [0.2, 0.25) is 0 Å². The molecular formula is C23H25NO2. The van der Waals surface area contributed by atoms with Gasteiger partial charge in [-0.3, -0.25) is 0 Å². The number of anilines is 1. The largest absolute Gasteiger partial charge is 0.490 e. The lowest BCUT2D eigenvalue weighted by Gasteiger charge is -2.13. The topological polar surface area (TPSA) is 30.5 Å². The highest BCUT2D eigenvalue weighted by Gasteiger charge is 2.03. The standard InChI is InChI=1S/C23H25NO2/c1-3-10-20(11-4-1)12-9-17-24-22-15-7-8-16-23(22)26-19-18-25-21-13-5-2-6-14-21/h1-8,10-11,13-16,24H,9,12,17-19H2. The van der Waals surface area contributed by atoms with Gasteiger partial charge in [0.1, 0.15) is 24.7 Å². The van der Waals surface area contributed by atoms with Crippen LogP contribution in [0, 0.1) is 0 Å². The van der Waals surface area contributed by atoms with E-state index in [1.807, 2.05) is 48.5 Å². The van der Waals surface area contributed by atoms with Crippen LogP contribution in [-0.2, 0) is 6.42 Å². The third-order valence-electron chi connectivity index (χ3n) is 4.04. The summed E-state index contributed by atoms with van der Waals surface area (Å²) < 4.78 is 11.6. The highest BCUT2D eigenvalue weighted by molar-refractivity contribution is 5.56. The maximum atomic E-state index is 5.89. The molecular weight excluding hydrogens is 322 g/mol. The Kier molecular flexibility index (Phi) is 6.97. The van der Waals surface area contributed by atoms with Crippen LogP contribution < -0.4 is 14.8 Å². The Morgan fingerprint density at radius 2 is 1.31 bits per heavy atom. The molecule has 1 N–H and O–H groups in total. The van der Waals surface area contributed by atoms with Gasteiger partial charge in [-0.25, -0.2) is 0 Å². The molecule has 0 aromatic heterocycles. The molecule has 0 heterocycles. The van der Waals surface area contributed by atoms with E-state index in [0.29, 0.717) is 13.2 Å². The van der Waals surface area contributed by atoms with Crippen molar-refractivity contribution in [3.8, 4) is 11.5 Å². The van der Waals surface area contributed by atoms with Crippen LogP contribution in [0.4, 0.5) is 5.69 Å². The summed E-state index contributed by atoms with van der Waals surface area (Å²) >= 11 is 0. The first-order valence-corrected chi connectivity index (χ1v) is 9.09. The zero-order valence-electron chi connectivity index (χ0n) is 14.9. The maximum Gasteiger partial charge on any atom is 0.142 e. The van der Waals surface area contributed by atoms with Gasteiger partial charge in [-0.2, -0.15) is 0 Å². The molecule has 26 heavy (non-hydrogen) atoms. The van der Waals surface area contributed by atoms with Crippen LogP contribution in [-0.4, -0.2) is 19.8 Å². The SMILES string of the molecule is c1ccc(CCCNc2ccccc2OCCOc2ccccc2)cc1. The van der Waals surface area contributed by atoms with Gasteiger partial charge >= 0.3 is 0 Å². The minimum Gasteiger partial charge on any atom is -0.490 e. The zero-order chi connectivity index (χ0) is 17.9. The summed E-state index contributed by atoms with van der Waals surface area (Å²) in [5, 5.41) is 3.48. The summed E-state index contributed by atoms with van der Waals surface area (Å²) in [6.07, 6.45) is 2.15. The molecule has 0 amide bonds. The van der Waals surface area contributed by atoms with E-state index in [0.717, 1.165) is 36.6 Å². The van der Waals surface area contributed by atoms with E-state index in [2.05, 4.69) is 41.7 Å². The molecule has 0 aliphatic heterocycles. The minimum absolute atomic E-state index is 0.512. The molecule has 0 atom stereocenters. The number of hydrogen-bond acceptors (Lipinski definition) is 3. The lowest BCUT2D eigenvalue weighted by Crippen LogP contribution is -2.11. The monoisotopic (exact) mass is 347 g/mol. The van der Waals surface area contributed by atoms with E-state index in [4.69, 9.17) is 9.47 Å². The first-order valence-electron chi connectivity index (χ1n) is 9.09. The number of aryl methyl sites for hydroxylation is 1. The first-order chi connectivity index (χ1) is 12.9. The van der Waals surface area contributed by atoms with Crippen LogP contribution >= 0.6 is 0 Å². The third kappa shape index (κ3) is 5.85. The molecule has 0 radical (unpaired) electrons. The van der Waals surface area contributed by atoms with Gasteiger partial charge in [-0.05, 0) is 42.7 Å². The number of nitrogens with one attached hydrogen (secondary N) is 1. The first kappa shape index (κ1) is 17.9. The fourth-order valence-corrected chi connectivity index (χ4v) is 2.73. The van der Waals surface area contributed by atoms with Gasteiger partial charge in [-0.15, -0.1) is 0 Å². The number of para-hydroxylation sites is 3. The minimum atomic E-state index is 0.512. The van der Waals surface area contributed by atoms with Crippen LogP contribution in [0.15, 0.2) is 84.9 Å².